The molecule has 0 amide bonds. The van der Waals surface area contributed by atoms with Gasteiger partial charge >= 0.3 is 0 Å². The van der Waals surface area contributed by atoms with Crippen LogP contribution >= 0.6 is 0 Å². The van der Waals surface area contributed by atoms with Crippen LogP contribution < -0.4 is 5.32 Å². The smallest absolute Gasteiger partial charge is 0.00178 e. The molecule has 19 heavy (non-hydrogen) atoms. The molecule has 112 valence electrons. The summed E-state index contributed by atoms with van der Waals surface area (Å²) in [6.07, 6.45) is 14.8. The normalized spacial score (nSPS) is 36.9. The molecule has 0 bridgehead atoms. The Hall–Kier alpha value is -0.0400. The van der Waals surface area contributed by atoms with Crippen molar-refractivity contribution in [3.8, 4) is 0 Å². The van der Waals surface area contributed by atoms with Crippen molar-refractivity contribution in [3.05, 3.63) is 0 Å². The molecule has 1 heteroatoms. The molecule has 2 saturated carbocycles. The lowest BCUT2D eigenvalue weighted by Crippen LogP contribution is -2.33. The van der Waals surface area contributed by atoms with E-state index in [1.54, 1.807) is 0 Å². The molecule has 2 aliphatic rings. The van der Waals surface area contributed by atoms with Crippen molar-refractivity contribution >= 4 is 0 Å². The van der Waals surface area contributed by atoms with Crippen LogP contribution in [0.25, 0.3) is 0 Å². The largest absolute Gasteiger partial charge is 0.316 e. The summed E-state index contributed by atoms with van der Waals surface area (Å²) in [4.78, 5) is 0. The predicted molar refractivity (Wildman–Crippen MR) is 84.3 cm³/mol. The van der Waals surface area contributed by atoms with E-state index in [0.29, 0.717) is 0 Å². The Balaban J connectivity index is 1.88. The Morgan fingerprint density at radius 1 is 0.895 bits per heavy atom. The van der Waals surface area contributed by atoms with Crippen molar-refractivity contribution < 1.29 is 0 Å². The van der Waals surface area contributed by atoms with E-state index >= 15 is 0 Å². The number of rotatable bonds is 5. The fourth-order valence-corrected chi connectivity index (χ4v) is 4.47. The zero-order valence-electron chi connectivity index (χ0n) is 13.3. The minimum Gasteiger partial charge on any atom is -0.316 e. The standard InChI is InChI=1S/C18H35N/c1-3-13-19-14-17-7-5-4-6-8-18(17)16-11-9-15(2)10-12-16/h15-19H,3-14H2,1-2H3. The van der Waals surface area contributed by atoms with E-state index < -0.39 is 0 Å². The molecule has 2 rings (SSSR count). The van der Waals surface area contributed by atoms with Gasteiger partial charge in [0.25, 0.3) is 0 Å². The van der Waals surface area contributed by atoms with Crippen LogP contribution in [0, 0.1) is 23.7 Å². The molecular weight excluding hydrogens is 230 g/mol. The lowest BCUT2D eigenvalue weighted by Gasteiger charge is -2.37. The van der Waals surface area contributed by atoms with Crippen LogP contribution in [0.4, 0.5) is 0 Å². The molecule has 0 heterocycles. The lowest BCUT2D eigenvalue weighted by atomic mass is 9.70. The van der Waals surface area contributed by atoms with Crippen LogP contribution in [0.1, 0.15) is 78.1 Å². The molecular formula is C18H35N. The molecule has 2 unspecified atom stereocenters. The number of hydrogen-bond donors (Lipinski definition) is 1. The molecule has 2 fully saturated rings. The van der Waals surface area contributed by atoms with Gasteiger partial charge in [-0.3, -0.25) is 0 Å². The van der Waals surface area contributed by atoms with Crippen LogP contribution in [-0.2, 0) is 0 Å². The summed E-state index contributed by atoms with van der Waals surface area (Å²) in [7, 11) is 0. The topological polar surface area (TPSA) is 12.0 Å². The van der Waals surface area contributed by atoms with Crippen molar-refractivity contribution in [3.63, 3.8) is 0 Å². The molecule has 0 saturated heterocycles. The van der Waals surface area contributed by atoms with E-state index in [2.05, 4.69) is 19.2 Å². The summed E-state index contributed by atoms with van der Waals surface area (Å²) in [5.74, 6) is 4.08. The van der Waals surface area contributed by atoms with Crippen molar-refractivity contribution in [2.24, 2.45) is 23.7 Å². The third-order valence-corrected chi connectivity index (χ3v) is 5.72. The maximum Gasteiger partial charge on any atom is -0.00178 e. The van der Waals surface area contributed by atoms with E-state index in [1.807, 2.05) is 0 Å². The van der Waals surface area contributed by atoms with Crippen LogP contribution in [0.15, 0.2) is 0 Å². The van der Waals surface area contributed by atoms with E-state index in [1.165, 1.54) is 77.3 Å². The van der Waals surface area contributed by atoms with Gasteiger partial charge in [-0.2, -0.15) is 0 Å². The second-order valence-corrected chi connectivity index (χ2v) is 7.29. The molecule has 2 atom stereocenters. The summed E-state index contributed by atoms with van der Waals surface area (Å²) in [5.41, 5.74) is 0. The summed E-state index contributed by atoms with van der Waals surface area (Å²) in [6.45, 7) is 7.24. The van der Waals surface area contributed by atoms with Crippen molar-refractivity contribution in [1.29, 1.82) is 0 Å². The van der Waals surface area contributed by atoms with Crippen molar-refractivity contribution in [1.82, 2.24) is 5.32 Å². The predicted octanol–water partition coefficient (Wildman–Crippen LogP) is 5.01. The first kappa shape index (κ1) is 15.4. The number of hydrogen-bond acceptors (Lipinski definition) is 1. The highest BCUT2D eigenvalue weighted by atomic mass is 14.9. The average molecular weight is 265 g/mol. The quantitative estimate of drug-likeness (QED) is 0.544. The Morgan fingerprint density at radius 2 is 1.63 bits per heavy atom. The highest BCUT2D eigenvalue weighted by Crippen LogP contribution is 2.41. The molecule has 0 aliphatic heterocycles. The van der Waals surface area contributed by atoms with Crippen LogP contribution in [0.5, 0.6) is 0 Å². The van der Waals surface area contributed by atoms with Crippen molar-refractivity contribution in [2.75, 3.05) is 13.1 Å². The van der Waals surface area contributed by atoms with Gasteiger partial charge in [0.1, 0.15) is 0 Å². The van der Waals surface area contributed by atoms with Gasteiger partial charge in [0, 0.05) is 0 Å². The minimum atomic E-state index is 0.979. The highest BCUT2D eigenvalue weighted by molar-refractivity contribution is 4.84. The zero-order valence-corrected chi connectivity index (χ0v) is 13.3. The maximum absolute atomic E-state index is 3.71. The maximum atomic E-state index is 3.71. The second kappa shape index (κ2) is 8.29. The van der Waals surface area contributed by atoms with E-state index in [-0.39, 0.29) is 0 Å². The Bertz CT molecular complexity index is 230. The van der Waals surface area contributed by atoms with Crippen LogP contribution in [0.2, 0.25) is 0 Å². The fourth-order valence-electron chi connectivity index (χ4n) is 4.47. The Morgan fingerprint density at radius 3 is 2.37 bits per heavy atom. The zero-order chi connectivity index (χ0) is 13.5. The van der Waals surface area contributed by atoms with Crippen LogP contribution in [0.3, 0.4) is 0 Å². The Kier molecular flexibility index (Phi) is 6.70. The van der Waals surface area contributed by atoms with Gasteiger partial charge in [-0.25, -0.2) is 0 Å². The monoisotopic (exact) mass is 265 g/mol. The molecule has 2 aliphatic carbocycles. The fraction of sp³-hybridized carbons (Fsp3) is 1.00. The lowest BCUT2D eigenvalue weighted by molar-refractivity contribution is 0.146. The van der Waals surface area contributed by atoms with Gasteiger partial charge in [-0.05, 0) is 68.9 Å². The average Bonchev–Trinajstić information content (AvgIpc) is 2.66. The van der Waals surface area contributed by atoms with E-state index in [9.17, 15) is 0 Å². The first-order valence-electron chi connectivity index (χ1n) is 9.02. The molecule has 0 radical (unpaired) electrons. The van der Waals surface area contributed by atoms with E-state index in [0.717, 1.165) is 23.7 Å². The first-order valence-corrected chi connectivity index (χ1v) is 9.02. The molecule has 0 spiro atoms. The summed E-state index contributed by atoms with van der Waals surface area (Å²) in [6, 6.07) is 0. The third kappa shape index (κ3) is 4.77. The summed E-state index contributed by atoms with van der Waals surface area (Å²) < 4.78 is 0. The second-order valence-electron chi connectivity index (χ2n) is 7.29. The first-order chi connectivity index (χ1) is 9.31. The van der Waals surface area contributed by atoms with Crippen molar-refractivity contribution in [2.45, 2.75) is 78.1 Å². The summed E-state index contributed by atoms with van der Waals surface area (Å²) >= 11 is 0. The molecule has 1 N–H and O–H groups in total. The van der Waals surface area contributed by atoms with Gasteiger partial charge in [0.05, 0.1) is 0 Å². The molecule has 0 aromatic carbocycles. The van der Waals surface area contributed by atoms with Gasteiger partial charge in [0.15, 0.2) is 0 Å². The van der Waals surface area contributed by atoms with Gasteiger partial charge in [-0.15, -0.1) is 0 Å². The van der Waals surface area contributed by atoms with Gasteiger partial charge in [0.2, 0.25) is 0 Å². The minimum absolute atomic E-state index is 0.979. The molecule has 0 aromatic heterocycles. The van der Waals surface area contributed by atoms with Crippen LogP contribution in [-0.4, -0.2) is 13.1 Å². The van der Waals surface area contributed by atoms with E-state index in [4.69, 9.17) is 0 Å². The third-order valence-electron chi connectivity index (χ3n) is 5.72. The van der Waals surface area contributed by atoms with Gasteiger partial charge < -0.3 is 5.32 Å². The number of nitrogens with one attached hydrogen (secondary N) is 1. The SMILES string of the molecule is CCCNCC1CCCCCC1C1CCC(C)CC1. The Labute approximate surface area is 120 Å². The molecule has 1 nitrogen and oxygen atoms in total. The molecule has 0 aromatic rings. The summed E-state index contributed by atoms with van der Waals surface area (Å²) in [5, 5.41) is 3.71. The highest BCUT2D eigenvalue weighted by Gasteiger charge is 2.32. The van der Waals surface area contributed by atoms with Gasteiger partial charge in [-0.1, -0.05) is 46.0 Å².